The van der Waals surface area contributed by atoms with Crippen LogP contribution in [0.5, 0.6) is 0 Å². The number of rotatable bonds is 6. The Balaban J connectivity index is 1.46. The smallest absolute Gasteiger partial charge is 0.127 e. The van der Waals surface area contributed by atoms with Gasteiger partial charge in [-0.2, -0.15) is 0 Å². The third kappa shape index (κ3) is 5.03. The number of hydrogen-bond acceptors (Lipinski definition) is 4. The summed E-state index contributed by atoms with van der Waals surface area (Å²) in [6.45, 7) is 3.04. The highest BCUT2D eigenvalue weighted by Crippen LogP contribution is 2.24. The second-order valence-corrected chi connectivity index (χ2v) is 7.29. The van der Waals surface area contributed by atoms with Gasteiger partial charge in [0.25, 0.3) is 0 Å². The van der Waals surface area contributed by atoms with Crippen molar-refractivity contribution < 1.29 is 5.11 Å². The molecule has 3 rings (SSSR count). The van der Waals surface area contributed by atoms with Gasteiger partial charge in [0, 0.05) is 26.8 Å². The summed E-state index contributed by atoms with van der Waals surface area (Å²) in [6.07, 6.45) is 4.65. The van der Waals surface area contributed by atoms with Crippen molar-refractivity contribution in [1.82, 2.24) is 9.88 Å². The van der Waals surface area contributed by atoms with Gasteiger partial charge in [-0.25, -0.2) is 4.98 Å². The first-order valence-electron chi connectivity index (χ1n) is 9.18. The summed E-state index contributed by atoms with van der Waals surface area (Å²) in [4.78, 5) is 8.98. The van der Waals surface area contributed by atoms with E-state index in [0.717, 1.165) is 44.7 Å². The van der Waals surface area contributed by atoms with Crippen molar-refractivity contribution in [3.05, 3.63) is 59.8 Å². The van der Waals surface area contributed by atoms with Crippen LogP contribution in [0.15, 0.2) is 48.7 Å². The molecule has 0 unspecified atom stereocenters. The van der Waals surface area contributed by atoms with E-state index in [1.165, 1.54) is 11.1 Å². The maximum atomic E-state index is 10.6. The summed E-state index contributed by atoms with van der Waals surface area (Å²) in [5, 5.41) is 10.6. The van der Waals surface area contributed by atoms with Crippen LogP contribution >= 0.6 is 0 Å². The maximum absolute atomic E-state index is 10.6. The monoisotopic (exact) mass is 339 g/mol. The van der Waals surface area contributed by atoms with Gasteiger partial charge in [-0.3, -0.25) is 4.90 Å². The third-order valence-corrected chi connectivity index (χ3v) is 5.14. The van der Waals surface area contributed by atoms with Crippen molar-refractivity contribution in [2.45, 2.75) is 31.9 Å². The zero-order valence-corrected chi connectivity index (χ0v) is 15.3. The van der Waals surface area contributed by atoms with Gasteiger partial charge in [0.2, 0.25) is 0 Å². The number of anilines is 1. The van der Waals surface area contributed by atoms with E-state index in [4.69, 9.17) is 0 Å². The maximum Gasteiger partial charge on any atom is 0.127 e. The van der Waals surface area contributed by atoms with Crippen LogP contribution in [0.1, 0.15) is 24.0 Å². The lowest BCUT2D eigenvalue weighted by atomic mass is 9.88. The Bertz CT molecular complexity index is 634. The second-order valence-electron chi connectivity index (χ2n) is 7.29. The number of aromatic nitrogens is 1. The minimum atomic E-state index is -0.231. The second kappa shape index (κ2) is 8.45. The van der Waals surface area contributed by atoms with E-state index >= 15 is 0 Å². The molecule has 0 saturated carbocycles. The van der Waals surface area contributed by atoms with Gasteiger partial charge < -0.3 is 10.0 Å². The lowest BCUT2D eigenvalue weighted by Crippen LogP contribution is -2.38. The summed E-state index contributed by atoms with van der Waals surface area (Å²) in [5.41, 5.74) is 2.48. The van der Waals surface area contributed by atoms with Crippen LogP contribution in [0.25, 0.3) is 0 Å². The summed E-state index contributed by atoms with van der Waals surface area (Å²) in [5.74, 6) is 1.40. The molecule has 1 N–H and O–H groups in total. The van der Waals surface area contributed by atoms with Gasteiger partial charge in [-0.1, -0.05) is 36.4 Å². The zero-order chi connectivity index (χ0) is 17.6. The van der Waals surface area contributed by atoms with Gasteiger partial charge in [-0.15, -0.1) is 0 Å². The predicted molar refractivity (Wildman–Crippen MR) is 103 cm³/mol. The molecule has 4 heteroatoms. The van der Waals surface area contributed by atoms with Crippen LogP contribution < -0.4 is 4.90 Å². The fourth-order valence-corrected chi connectivity index (χ4v) is 3.55. The van der Waals surface area contributed by atoms with E-state index in [-0.39, 0.29) is 6.10 Å². The van der Waals surface area contributed by atoms with Crippen LogP contribution in [0.4, 0.5) is 5.82 Å². The molecule has 1 atom stereocenters. The number of aliphatic hydroxyl groups excluding tert-OH is 1. The minimum absolute atomic E-state index is 0.231. The molecule has 2 aromatic rings. The van der Waals surface area contributed by atoms with Crippen LogP contribution in [0, 0.1) is 5.92 Å². The topological polar surface area (TPSA) is 39.6 Å². The van der Waals surface area contributed by atoms with E-state index in [0.29, 0.717) is 5.92 Å². The minimum Gasteiger partial charge on any atom is -0.392 e. The van der Waals surface area contributed by atoms with Crippen LogP contribution in [-0.2, 0) is 13.0 Å². The first-order valence-corrected chi connectivity index (χ1v) is 9.18. The van der Waals surface area contributed by atoms with Gasteiger partial charge in [0.05, 0.1) is 6.10 Å². The van der Waals surface area contributed by atoms with Crippen LogP contribution in [0.3, 0.4) is 0 Å². The molecule has 1 aromatic heterocycles. The Morgan fingerprint density at radius 3 is 2.40 bits per heavy atom. The molecule has 2 heterocycles. The summed E-state index contributed by atoms with van der Waals surface area (Å²) >= 11 is 0. The average molecular weight is 339 g/mol. The van der Waals surface area contributed by atoms with Crippen LogP contribution in [-0.4, -0.2) is 48.3 Å². The summed E-state index contributed by atoms with van der Waals surface area (Å²) in [7, 11) is 4.01. The van der Waals surface area contributed by atoms with Crippen molar-refractivity contribution in [2.24, 2.45) is 5.92 Å². The molecular formula is C21H29N3O. The SMILES string of the molecule is CN(C)c1ccc(CN2CCC([C@H](O)Cc3ccccc3)CC2)cn1. The van der Waals surface area contributed by atoms with Crippen molar-refractivity contribution in [3.8, 4) is 0 Å². The number of aliphatic hydroxyl groups is 1. The number of piperidine rings is 1. The number of nitrogens with zero attached hydrogens (tertiary/aromatic N) is 3. The molecule has 25 heavy (non-hydrogen) atoms. The predicted octanol–water partition coefficient (Wildman–Crippen LogP) is 2.96. The molecular weight excluding hydrogens is 310 g/mol. The van der Waals surface area contributed by atoms with Crippen molar-refractivity contribution in [3.63, 3.8) is 0 Å². The standard InChI is InChI=1S/C21H29N3O/c1-23(2)21-9-8-18(15-22-21)16-24-12-10-19(11-13-24)20(25)14-17-6-4-3-5-7-17/h3-9,15,19-20,25H,10-14,16H2,1-2H3/t20-/m1/s1. The molecule has 134 valence electrons. The van der Waals surface area contributed by atoms with Gasteiger partial charge in [0.15, 0.2) is 0 Å². The molecule has 1 aromatic carbocycles. The van der Waals surface area contributed by atoms with E-state index in [1.807, 2.05) is 43.4 Å². The lowest BCUT2D eigenvalue weighted by Gasteiger charge is -2.34. The molecule has 1 aliphatic rings. The van der Waals surface area contributed by atoms with Crippen LogP contribution in [0.2, 0.25) is 0 Å². The molecule has 0 amide bonds. The van der Waals surface area contributed by atoms with E-state index in [1.54, 1.807) is 0 Å². The Kier molecular flexibility index (Phi) is 6.05. The van der Waals surface area contributed by atoms with Crippen molar-refractivity contribution in [1.29, 1.82) is 0 Å². The third-order valence-electron chi connectivity index (χ3n) is 5.14. The molecule has 0 bridgehead atoms. The fraction of sp³-hybridized carbons (Fsp3) is 0.476. The first kappa shape index (κ1) is 17.9. The number of hydrogen-bond donors (Lipinski definition) is 1. The normalized spacial score (nSPS) is 17.4. The molecule has 0 radical (unpaired) electrons. The zero-order valence-electron chi connectivity index (χ0n) is 15.3. The number of benzene rings is 1. The fourth-order valence-electron chi connectivity index (χ4n) is 3.55. The Morgan fingerprint density at radius 2 is 1.80 bits per heavy atom. The Hall–Kier alpha value is -1.91. The summed E-state index contributed by atoms with van der Waals surface area (Å²) < 4.78 is 0. The van der Waals surface area contributed by atoms with E-state index in [9.17, 15) is 5.11 Å². The molecule has 1 aliphatic heterocycles. The molecule has 1 fully saturated rings. The van der Waals surface area contributed by atoms with E-state index in [2.05, 4.69) is 34.1 Å². The molecule has 1 saturated heterocycles. The first-order chi connectivity index (χ1) is 12.1. The Morgan fingerprint density at radius 1 is 1.08 bits per heavy atom. The van der Waals surface area contributed by atoms with Gasteiger partial charge >= 0.3 is 0 Å². The highest BCUT2D eigenvalue weighted by atomic mass is 16.3. The van der Waals surface area contributed by atoms with Crippen molar-refractivity contribution in [2.75, 3.05) is 32.1 Å². The number of pyridine rings is 1. The number of likely N-dealkylation sites (tertiary alicyclic amines) is 1. The Labute approximate surface area is 151 Å². The molecule has 0 spiro atoms. The molecule has 0 aliphatic carbocycles. The quantitative estimate of drug-likeness (QED) is 0.878. The van der Waals surface area contributed by atoms with Gasteiger partial charge in [-0.05, 0) is 55.5 Å². The highest BCUT2D eigenvalue weighted by Gasteiger charge is 2.25. The highest BCUT2D eigenvalue weighted by molar-refractivity contribution is 5.37. The van der Waals surface area contributed by atoms with E-state index < -0.39 is 0 Å². The van der Waals surface area contributed by atoms with Crippen molar-refractivity contribution >= 4 is 5.82 Å². The lowest BCUT2D eigenvalue weighted by molar-refractivity contribution is 0.0576. The summed E-state index contributed by atoms with van der Waals surface area (Å²) in [6, 6.07) is 14.5. The largest absolute Gasteiger partial charge is 0.392 e. The average Bonchev–Trinajstić information content (AvgIpc) is 2.63. The molecule has 4 nitrogen and oxygen atoms in total. The van der Waals surface area contributed by atoms with Gasteiger partial charge in [0.1, 0.15) is 5.82 Å².